The van der Waals surface area contributed by atoms with Gasteiger partial charge in [0.25, 0.3) is 5.91 Å². The summed E-state index contributed by atoms with van der Waals surface area (Å²) in [7, 11) is -3.72. The Bertz CT molecular complexity index is 599. The Hall–Kier alpha value is -1.96. The van der Waals surface area contributed by atoms with Gasteiger partial charge >= 0.3 is 0 Å². The Kier molecular flexibility index (Phi) is 6.29. The fraction of sp³-hybridized carbons (Fsp3) is 0.214. The second-order valence-corrected chi connectivity index (χ2v) is 6.09. The maximum Gasteiger partial charge on any atom is 0.279 e. The minimum Gasteiger partial charge on any atom is -0.321 e. The van der Waals surface area contributed by atoms with E-state index in [0.29, 0.717) is 18.8 Å². The smallest absolute Gasteiger partial charge is 0.279 e. The Labute approximate surface area is 125 Å². The first-order chi connectivity index (χ1) is 9.86. The van der Waals surface area contributed by atoms with E-state index < -0.39 is 10.0 Å². The van der Waals surface area contributed by atoms with Crippen LogP contribution in [0.5, 0.6) is 0 Å². The lowest BCUT2D eigenvalue weighted by Gasteiger charge is -2.15. The highest BCUT2D eigenvalue weighted by molar-refractivity contribution is 7.89. The molecular weight excluding hydrogens is 290 g/mol. The summed E-state index contributed by atoms with van der Waals surface area (Å²) in [5.41, 5.74) is 0.518. The summed E-state index contributed by atoms with van der Waals surface area (Å²) in [6.07, 6.45) is 3.49. The van der Waals surface area contributed by atoms with Gasteiger partial charge in [0, 0.05) is 5.69 Å². The van der Waals surface area contributed by atoms with Crippen molar-refractivity contribution in [2.75, 3.05) is 25.0 Å². The number of sulfonamides is 1. The monoisotopic (exact) mass is 310 g/mol. The molecule has 1 rings (SSSR count). The van der Waals surface area contributed by atoms with E-state index in [9.17, 15) is 13.2 Å². The number of rotatable bonds is 8. The molecule has 114 valence electrons. The van der Waals surface area contributed by atoms with Gasteiger partial charge in [0.2, 0.25) is 10.0 Å². The van der Waals surface area contributed by atoms with Crippen molar-refractivity contribution in [2.45, 2.75) is 4.90 Å². The van der Waals surface area contributed by atoms with Gasteiger partial charge in [0.05, 0.1) is 18.0 Å². The fourth-order valence-corrected chi connectivity index (χ4v) is 2.31. The van der Waals surface area contributed by atoms with Crippen molar-refractivity contribution in [3.8, 4) is 0 Å². The standard InChI is InChI=1S/C14H19N3O3S/c1-3-9-17(10-4-2)11-14(18)16-12-5-7-13(8-6-12)21(15,19)20/h3-8H,1-2,9-11H2,(H,16,18)(H2,15,19,20)/p+1. The van der Waals surface area contributed by atoms with Gasteiger partial charge in [-0.2, -0.15) is 0 Å². The molecule has 0 saturated heterocycles. The van der Waals surface area contributed by atoms with Crippen LogP contribution >= 0.6 is 0 Å². The Morgan fingerprint density at radius 1 is 1.19 bits per heavy atom. The summed E-state index contributed by atoms with van der Waals surface area (Å²) in [6, 6.07) is 5.70. The molecule has 0 aliphatic carbocycles. The summed E-state index contributed by atoms with van der Waals surface area (Å²) in [6.45, 7) is 8.89. The molecule has 0 heterocycles. The molecule has 0 atom stereocenters. The average Bonchev–Trinajstić information content (AvgIpc) is 2.38. The van der Waals surface area contributed by atoms with Gasteiger partial charge in [0.1, 0.15) is 0 Å². The van der Waals surface area contributed by atoms with Crippen LogP contribution < -0.4 is 15.4 Å². The van der Waals surface area contributed by atoms with Crippen molar-refractivity contribution in [3.63, 3.8) is 0 Å². The van der Waals surface area contributed by atoms with Gasteiger partial charge in [-0.25, -0.2) is 13.6 Å². The number of hydrogen-bond acceptors (Lipinski definition) is 3. The lowest BCUT2D eigenvalue weighted by molar-refractivity contribution is -0.879. The average molecular weight is 310 g/mol. The summed E-state index contributed by atoms with van der Waals surface area (Å²) >= 11 is 0. The van der Waals surface area contributed by atoms with Crippen LogP contribution in [0, 0.1) is 0 Å². The molecule has 1 aromatic rings. The topological polar surface area (TPSA) is 93.7 Å². The molecule has 0 spiro atoms. The molecule has 0 radical (unpaired) electrons. The van der Waals surface area contributed by atoms with E-state index >= 15 is 0 Å². The largest absolute Gasteiger partial charge is 0.321 e. The minimum absolute atomic E-state index is 0.00562. The van der Waals surface area contributed by atoms with Crippen molar-refractivity contribution in [1.82, 2.24) is 0 Å². The maximum atomic E-state index is 11.9. The molecule has 4 N–H and O–H groups in total. The molecule has 21 heavy (non-hydrogen) atoms. The first-order valence-electron chi connectivity index (χ1n) is 6.35. The van der Waals surface area contributed by atoms with Crippen LogP contribution in [0.2, 0.25) is 0 Å². The Morgan fingerprint density at radius 2 is 1.71 bits per heavy atom. The second-order valence-electron chi connectivity index (χ2n) is 4.53. The molecule has 1 aromatic carbocycles. The zero-order valence-electron chi connectivity index (χ0n) is 11.7. The van der Waals surface area contributed by atoms with Crippen molar-refractivity contribution >= 4 is 21.6 Å². The third-order valence-corrected chi connectivity index (χ3v) is 3.67. The zero-order chi connectivity index (χ0) is 15.9. The number of primary sulfonamides is 1. The van der Waals surface area contributed by atoms with Crippen LogP contribution in [0.25, 0.3) is 0 Å². The van der Waals surface area contributed by atoms with E-state index in [1.807, 2.05) is 0 Å². The number of quaternary nitrogens is 1. The third kappa shape index (κ3) is 5.90. The van der Waals surface area contributed by atoms with Crippen molar-refractivity contribution in [2.24, 2.45) is 5.14 Å². The normalized spacial score (nSPS) is 11.1. The minimum atomic E-state index is -3.72. The lowest BCUT2D eigenvalue weighted by Crippen LogP contribution is -3.12. The molecular formula is C14H20N3O3S+. The maximum absolute atomic E-state index is 11.9. The van der Waals surface area contributed by atoms with Gasteiger partial charge in [-0.15, -0.1) is 0 Å². The molecule has 0 aromatic heterocycles. The van der Waals surface area contributed by atoms with Crippen LogP contribution in [-0.4, -0.2) is 34.0 Å². The van der Waals surface area contributed by atoms with Gasteiger partial charge in [-0.1, -0.05) is 13.2 Å². The molecule has 0 fully saturated rings. The highest BCUT2D eigenvalue weighted by Gasteiger charge is 2.12. The first-order valence-corrected chi connectivity index (χ1v) is 7.89. The van der Waals surface area contributed by atoms with Crippen molar-refractivity contribution in [1.29, 1.82) is 0 Å². The molecule has 0 saturated carbocycles. The van der Waals surface area contributed by atoms with E-state index in [1.165, 1.54) is 24.3 Å². The Morgan fingerprint density at radius 3 is 2.14 bits per heavy atom. The summed E-state index contributed by atoms with van der Waals surface area (Å²) in [5.74, 6) is -0.169. The predicted octanol–water partition coefficient (Wildman–Crippen LogP) is -0.471. The highest BCUT2D eigenvalue weighted by Crippen LogP contribution is 2.12. The quantitative estimate of drug-likeness (QED) is 0.567. The number of hydrogen-bond donors (Lipinski definition) is 3. The zero-order valence-corrected chi connectivity index (χ0v) is 12.5. The SMILES string of the molecule is C=CC[NH+](CC=C)CC(=O)Nc1ccc(S(N)(=O)=O)cc1. The fourth-order valence-electron chi connectivity index (χ4n) is 1.80. The first kappa shape index (κ1) is 17.1. The number of anilines is 1. The van der Waals surface area contributed by atoms with Gasteiger partial charge in [0.15, 0.2) is 6.54 Å². The number of carbonyl (C=O) groups is 1. The van der Waals surface area contributed by atoms with E-state index in [0.717, 1.165) is 4.90 Å². The summed E-state index contributed by atoms with van der Waals surface area (Å²) in [4.78, 5) is 12.9. The van der Waals surface area contributed by atoms with Gasteiger partial charge in [-0.05, 0) is 36.4 Å². The predicted molar refractivity (Wildman–Crippen MR) is 82.4 cm³/mol. The Balaban J connectivity index is 2.66. The van der Waals surface area contributed by atoms with E-state index in [2.05, 4.69) is 18.5 Å². The summed E-state index contributed by atoms with van der Waals surface area (Å²) < 4.78 is 22.2. The highest BCUT2D eigenvalue weighted by atomic mass is 32.2. The van der Waals surface area contributed by atoms with Gasteiger partial charge in [-0.3, -0.25) is 4.79 Å². The van der Waals surface area contributed by atoms with Gasteiger partial charge < -0.3 is 10.2 Å². The van der Waals surface area contributed by atoms with Crippen molar-refractivity contribution in [3.05, 3.63) is 49.6 Å². The lowest BCUT2D eigenvalue weighted by atomic mass is 10.3. The van der Waals surface area contributed by atoms with Crippen molar-refractivity contribution < 1.29 is 18.1 Å². The molecule has 1 amide bonds. The number of nitrogens with two attached hydrogens (primary N) is 1. The van der Waals surface area contributed by atoms with E-state index in [-0.39, 0.29) is 17.3 Å². The third-order valence-electron chi connectivity index (χ3n) is 2.74. The number of carbonyl (C=O) groups excluding carboxylic acids is 1. The summed E-state index contributed by atoms with van der Waals surface area (Å²) in [5, 5.41) is 7.71. The molecule has 0 unspecified atom stereocenters. The number of amides is 1. The molecule has 0 bridgehead atoms. The molecule has 6 nitrogen and oxygen atoms in total. The molecule has 7 heteroatoms. The second kappa shape index (κ2) is 7.72. The van der Waals surface area contributed by atoms with Crippen LogP contribution in [0.15, 0.2) is 54.5 Å². The molecule has 0 aliphatic rings. The van der Waals surface area contributed by atoms with Crippen LogP contribution in [0.3, 0.4) is 0 Å². The van der Waals surface area contributed by atoms with Crippen LogP contribution in [-0.2, 0) is 14.8 Å². The number of benzene rings is 1. The molecule has 0 aliphatic heterocycles. The van der Waals surface area contributed by atoms with Crippen LogP contribution in [0.1, 0.15) is 0 Å². The number of nitrogens with one attached hydrogen (secondary N) is 2. The van der Waals surface area contributed by atoms with E-state index in [1.54, 1.807) is 12.2 Å². The van der Waals surface area contributed by atoms with E-state index in [4.69, 9.17) is 5.14 Å². The van der Waals surface area contributed by atoms with Crippen LogP contribution in [0.4, 0.5) is 5.69 Å².